The number of nitrogens with one attached hydrogen (secondary N) is 2. The van der Waals surface area contributed by atoms with E-state index in [1.54, 1.807) is 16.7 Å². The van der Waals surface area contributed by atoms with Crippen LogP contribution >= 0.6 is 0 Å². The van der Waals surface area contributed by atoms with Gasteiger partial charge in [-0.25, -0.2) is 9.48 Å². The number of carbonyl (C=O) groups is 2. The summed E-state index contributed by atoms with van der Waals surface area (Å²) in [5, 5.41) is 10.8. The Kier molecular flexibility index (Phi) is 8.89. The molecule has 4 rings (SSSR count). The summed E-state index contributed by atoms with van der Waals surface area (Å²) in [6.45, 7) is 10.2. The lowest BCUT2D eigenvalue weighted by Gasteiger charge is -2.25. The normalized spacial score (nSPS) is 10.9. The fraction of sp³-hybridized carbons (Fsp3) is 0.281. The van der Waals surface area contributed by atoms with Gasteiger partial charge in [-0.1, -0.05) is 56.3 Å². The van der Waals surface area contributed by atoms with E-state index in [1.165, 1.54) is 0 Å². The number of methoxy groups -OCH3 is 1. The van der Waals surface area contributed by atoms with Crippen LogP contribution in [0.1, 0.15) is 30.7 Å². The van der Waals surface area contributed by atoms with E-state index in [-0.39, 0.29) is 24.4 Å². The summed E-state index contributed by atoms with van der Waals surface area (Å²) in [5.41, 5.74) is 6.11. The molecule has 0 spiro atoms. The molecule has 0 saturated carbocycles. The lowest BCUT2D eigenvalue weighted by atomic mass is 10.1. The molecule has 2 N–H and O–H groups in total. The van der Waals surface area contributed by atoms with Crippen LogP contribution in [0.4, 0.5) is 16.3 Å². The summed E-state index contributed by atoms with van der Waals surface area (Å²) >= 11 is 0. The molecule has 0 radical (unpaired) electrons. The lowest BCUT2D eigenvalue weighted by Crippen LogP contribution is -2.42. The summed E-state index contributed by atoms with van der Waals surface area (Å²) in [5.74, 6) is 1.12. The van der Waals surface area contributed by atoms with Crippen LogP contribution in [0, 0.1) is 26.7 Å². The highest BCUT2D eigenvalue weighted by molar-refractivity contribution is 5.99. The van der Waals surface area contributed by atoms with Gasteiger partial charge in [-0.3, -0.25) is 4.79 Å². The van der Waals surface area contributed by atoms with E-state index in [9.17, 15) is 9.59 Å². The Morgan fingerprint density at radius 1 is 0.925 bits per heavy atom. The maximum atomic E-state index is 13.6. The number of rotatable bonds is 9. The number of hydrogen-bond acceptors (Lipinski definition) is 4. The molecule has 0 aliphatic carbocycles. The quantitative estimate of drug-likeness (QED) is 0.251. The van der Waals surface area contributed by atoms with Gasteiger partial charge in [-0.05, 0) is 73.7 Å². The second-order valence-corrected chi connectivity index (χ2v) is 10.3. The van der Waals surface area contributed by atoms with Crippen molar-refractivity contribution in [2.24, 2.45) is 5.92 Å². The number of ether oxygens (including phenoxy) is 1. The first-order valence-electron chi connectivity index (χ1n) is 13.4. The van der Waals surface area contributed by atoms with Gasteiger partial charge in [-0.15, -0.1) is 0 Å². The third kappa shape index (κ3) is 6.51. The fourth-order valence-electron chi connectivity index (χ4n) is 4.59. The van der Waals surface area contributed by atoms with E-state index in [0.717, 1.165) is 45.1 Å². The minimum absolute atomic E-state index is 0.115. The van der Waals surface area contributed by atoms with Gasteiger partial charge < -0.3 is 20.3 Å². The average Bonchev–Trinajstić information content (AvgIpc) is 3.26. The molecule has 0 atom stereocenters. The molecule has 0 aliphatic heterocycles. The van der Waals surface area contributed by atoms with Crippen molar-refractivity contribution in [1.29, 1.82) is 0 Å². The van der Waals surface area contributed by atoms with Crippen LogP contribution < -0.4 is 15.4 Å². The predicted molar refractivity (Wildman–Crippen MR) is 160 cm³/mol. The largest absolute Gasteiger partial charge is 0.497 e. The zero-order valence-corrected chi connectivity index (χ0v) is 24.0. The van der Waals surface area contributed by atoms with Crippen LogP contribution in [0.25, 0.3) is 16.8 Å². The highest BCUT2D eigenvalue weighted by Crippen LogP contribution is 2.33. The SMILES string of the molecule is COc1ccc(-n2nc(C)c(-c3ccccc3)c2NC(=O)CN(CC(C)C)C(=O)Nc2cccc(C)c2C)cc1. The summed E-state index contributed by atoms with van der Waals surface area (Å²) in [6, 6.07) is 22.8. The van der Waals surface area contributed by atoms with Crippen molar-refractivity contribution >= 4 is 23.4 Å². The molecule has 1 heterocycles. The third-order valence-electron chi connectivity index (χ3n) is 6.75. The Hall–Kier alpha value is -4.59. The molecule has 4 aromatic rings. The molecule has 0 saturated heterocycles. The van der Waals surface area contributed by atoms with E-state index in [1.807, 2.05) is 107 Å². The topological polar surface area (TPSA) is 88.5 Å². The number of nitrogens with zero attached hydrogens (tertiary/aromatic N) is 3. The number of benzene rings is 3. The summed E-state index contributed by atoms with van der Waals surface area (Å²) in [4.78, 5) is 28.5. The first-order valence-corrected chi connectivity index (χ1v) is 13.4. The molecule has 208 valence electrons. The summed E-state index contributed by atoms with van der Waals surface area (Å²) in [7, 11) is 1.62. The zero-order valence-electron chi connectivity index (χ0n) is 24.0. The molecule has 3 amide bonds. The van der Waals surface area contributed by atoms with Crippen molar-refractivity contribution in [3.63, 3.8) is 0 Å². The Balaban J connectivity index is 1.65. The van der Waals surface area contributed by atoms with Gasteiger partial charge in [0.15, 0.2) is 0 Å². The molecule has 0 fully saturated rings. The van der Waals surface area contributed by atoms with E-state index < -0.39 is 0 Å². The van der Waals surface area contributed by atoms with Crippen molar-refractivity contribution in [3.05, 3.63) is 89.6 Å². The second-order valence-electron chi connectivity index (χ2n) is 10.3. The minimum atomic E-state index is -0.319. The van der Waals surface area contributed by atoms with Gasteiger partial charge in [0.05, 0.1) is 18.5 Å². The van der Waals surface area contributed by atoms with Gasteiger partial charge in [0, 0.05) is 17.8 Å². The van der Waals surface area contributed by atoms with Crippen molar-refractivity contribution in [1.82, 2.24) is 14.7 Å². The highest BCUT2D eigenvalue weighted by atomic mass is 16.5. The Bertz CT molecular complexity index is 1480. The highest BCUT2D eigenvalue weighted by Gasteiger charge is 2.24. The molecule has 0 bridgehead atoms. The standard InChI is InChI=1S/C32H37N5O3/c1-21(2)19-36(32(39)33-28-14-10-11-22(3)23(28)4)20-29(38)34-31-30(25-12-8-7-9-13-25)24(5)35-37(31)26-15-17-27(40-6)18-16-26/h7-18,21H,19-20H2,1-6H3,(H,33,39)(H,34,38). The van der Waals surface area contributed by atoms with Crippen LogP contribution in [-0.2, 0) is 4.79 Å². The number of aryl methyl sites for hydroxylation is 2. The summed E-state index contributed by atoms with van der Waals surface area (Å²) in [6.07, 6.45) is 0. The van der Waals surface area contributed by atoms with Gasteiger partial charge in [0.2, 0.25) is 5.91 Å². The van der Waals surface area contributed by atoms with Crippen molar-refractivity contribution in [2.45, 2.75) is 34.6 Å². The molecule has 3 aromatic carbocycles. The first kappa shape index (κ1) is 28.4. The van der Waals surface area contributed by atoms with Crippen molar-refractivity contribution in [3.8, 4) is 22.6 Å². The van der Waals surface area contributed by atoms with E-state index >= 15 is 0 Å². The Labute approximate surface area is 236 Å². The average molecular weight is 540 g/mol. The van der Waals surface area contributed by atoms with Crippen molar-refractivity contribution in [2.75, 3.05) is 30.8 Å². The van der Waals surface area contributed by atoms with Crippen LogP contribution in [-0.4, -0.2) is 46.8 Å². The third-order valence-corrected chi connectivity index (χ3v) is 6.75. The maximum absolute atomic E-state index is 13.6. The second kappa shape index (κ2) is 12.5. The van der Waals surface area contributed by atoms with Crippen LogP contribution in [0.3, 0.4) is 0 Å². The zero-order chi connectivity index (χ0) is 28.8. The number of aromatic nitrogens is 2. The number of carbonyl (C=O) groups excluding carboxylic acids is 2. The number of amides is 3. The summed E-state index contributed by atoms with van der Waals surface area (Å²) < 4.78 is 7.03. The van der Waals surface area contributed by atoms with E-state index in [2.05, 4.69) is 10.6 Å². The van der Waals surface area contributed by atoms with Crippen molar-refractivity contribution < 1.29 is 14.3 Å². The molecule has 1 aromatic heterocycles. The molecule has 40 heavy (non-hydrogen) atoms. The van der Waals surface area contributed by atoms with Crippen LogP contribution in [0.2, 0.25) is 0 Å². The number of hydrogen-bond donors (Lipinski definition) is 2. The molecular formula is C32H37N5O3. The number of urea groups is 1. The van der Waals surface area contributed by atoms with Crippen LogP contribution in [0.15, 0.2) is 72.8 Å². The Morgan fingerprint density at radius 2 is 1.62 bits per heavy atom. The molecule has 8 nitrogen and oxygen atoms in total. The molecule has 0 unspecified atom stereocenters. The molecule has 0 aliphatic rings. The minimum Gasteiger partial charge on any atom is -0.497 e. The molecule has 8 heteroatoms. The van der Waals surface area contributed by atoms with Gasteiger partial charge >= 0.3 is 6.03 Å². The van der Waals surface area contributed by atoms with Gasteiger partial charge in [-0.2, -0.15) is 5.10 Å². The van der Waals surface area contributed by atoms with Gasteiger partial charge in [0.25, 0.3) is 0 Å². The van der Waals surface area contributed by atoms with E-state index in [0.29, 0.717) is 12.4 Å². The number of anilines is 2. The Morgan fingerprint density at radius 3 is 2.27 bits per heavy atom. The predicted octanol–water partition coefficient (Wildman–Crippen LogP) is 6.60. The van der Waals surface area contributed by atoms with E-state index in [4.69, 9.17) is 9.84 Å². The van der Waals surface area contributed by atoms with Crippen LogP contribution in [0.5, 0.6) is 5.75 Å². The first-order chi connectivity index (χ1) is 19.2. The monoisotopic (exact) mass is 539 g/mol. The van der Waals surface area contributed by atoms with Gasteiger partial charge in [0.1, 0.15) is 18.1 Å². The maximum Gasteiger partial charge on any atom is 0.322 e. The smallest absolute Gasteiger partial charge is 0.322 e. The molecular weight excluding hydrogens is 502 g/mol. The fourth-order valence-corrected chi connectivity index (χ4v) is 4.59. The lowest BCUT2D eigenvalue weighted by molar-refractivity contribution is -0.116.